The highest BCUT2D eigenvalue weighted by molar-refractivity contribution is 6.02. The van der Waals surface area contributed by atoms with Crippen LogP contribution in [0.15, 0.2) is 53.3 Å². The normalized spacial score (nSPS) is 10.7. The maximum absolute atomic E-state index is 12.1. The van der Waals surface area contributed by atoms with Crippen LogP contribution in [0.4, 0.5) is 0 Å². The van der Waals surface area contributed by atoms with Crippen molar-refractivity contribution in [1.29, 1.82) is 0 Å². The van der Waals surface area contributed by atoms with Gasteiger partial charge < -0.3 is 4.42 Å². The fraction of sp³-hybridized carbons (Fsp3) is 0.125. The molecule has 0 N–H and O–H groups in total. The van der Waals surface area contributed by atoms with Crippen LogP contribution in [0, 0.1) is 0 Å². The molecule has 3 aromatic rings. The van der Waals surface area contributed by atoms with Gasteiger partial charge in [0.15, 0.2) is 11.6 Å². The Morgan fingerprint density at radius 3 is 2.71 bits per heavy atom. The Morgan fingerprint density at radius 2 is 1.90 bits per heavy atom. The predicted octanol–water partition coefficient (Wildman–Crippen LogP) is 3.07. The molecule has 5 nitrogen and oxygen atoms in total. The van der Waals surface area contributed by atoms with E-state index >= 15 is 0 Å². The van der Waals surface area contributed by atoms with Crippen LogP contribution < -0.4 is 0 Å². The number of fused-ring (bicyclic) bond motifs is 1. The Bertz CT molecular complexity index is 793. The van der Waals surface area contributed by atoms with Crippen molar-refractivity contribution in [2.75, 3.05) is 0 Å². The standard InChI is InChI=1S/C16H12N2O3/c19-14(4-5-15(20)13-2-1-8-17-18-13)11-3-6-16-12(10-11)7-9-21-16/h1-3,6-10H,4-5H2. The second-order valence-electron chi connectivity index (χ2n) is 4.63. The van der Waals surface area contributed by atoms with Crippen molar-refractivity contribution in [2.24, 2.45) is 0 Å². The number of ketones is 2. The third-order valence-electron chi connectivity index (χ3n) is 3.21. The van der Waals surface area contributed by atoms with E-state index in [1.54, 1.807) is 42.7 Å². The lowest BCUT2D eigenvalue weighted by molar-refractivity contribution is 0.0914. The average molecular weight is 280 g/mol. The van der Waals surface area contributed by atoms with Crippen LogP contribution in [0.2, 0.25) is 0 Å². The van der Waals surface area contributed by atoms with Crippen molar-refractivity contribution in [3.05, 3.63) is 60.1 Å². The van der Waals surface area contributed by atoms with Crippen LogP contribution in [0.5, 0.6) is 0 Å². The highest BCUT2D eigenvalue weighted by Gasteiger charge is 2.12. The molecule has 0 aliphatic carbocycles. The summed E-state index contributed by atoms with van der Waals surface area (Å²) in [5.74, 6) is -0.254. The van der Waals surface area contributed by atoms with E-state index in [-0.39, 0.29) is 30.1 Å². The fourth-order valence-corrected chi connectivity index (χ4v) is 2.09. The maximum atomic E-state index is 12.1. The topological polar surface area (TPSA) is 73.1 Å². The van der Waals surface area contributed by atoms with E-state index in [2.05, 4.69) is 10.2 Å². The maximum Gasteiger partial charge on any atom is 0.183 e. The summed E-state index contributed by atoms with van der Waals surface area (Å²) >= 11 is 0. The van der Waals surface area contributed by atoms with Crippen molar-refractivity contribution in [1.82, 2.24) is 10.2 Å². The molecule has 21 heavy (non-hydrogen) atoms. The molecule has 0 amide bonds. The van der Waals surface area contributed by atoms with E-state index in [1.165, 1.54) is 6.20 Å². The Morgan fingerprint density at radius 1 is 1.05 bits per heavy atom. The van der Waals surface area contributed by atoms with Crippen LogP contribution in [-0.4, -0.2) is 21.8 Å². The number of furan rings is 1. The molecule has 0 atom stereocenters. The Labute approximate surface area is 120 Å². The van der Waals surface area contributed by atoms with Gasteiger partial charge in [0.25, 0.3) is 0 Å². The average Bonchev–Trinajstić information content (AvgIpc) is 3.00. The molecule has 104 valence electrons. The zero-order valence-corrected chi connectivity index (χ0v) is 11.2. The van der Waals surface area contributed by atoms with E-state index < -0.39 is 0 Å². The minimum Gasteiger partial charge on any atom is -0.464 e. The van der Waals surface area contributed by atoms with Crippen molar-refractivity contribution < 1.29 is 14.0 Å². The third kappa shape index (κ3) is 2.86. The first-order valence-corrected chi connectivity index (χ1v) is 6.55. The van der Waals surface area contributed by atoms with Crippen molar-refractivity contribution in [3.8, 4) is 0 Å². The lowest BCUT2D eigenvalue weighted by Crippen LogP contribution is -2.07. The first-order chi connectivity index (χ1) is 10.2. The summed E-state index contributed by atoms with van der Waals surface area (Å²) in [7, 11) is 0. The van der Waals surface area contributed by atoms with Gasteiger partial charge in [0, 0.05) is 30.0 Å². The molecule has 0 saturated carbocycles. The van der Waals surface area contributed by atoms with Gasteiger partial charge in [-0.05, 0) is 36.4 Å². The van der Waals surface area contributed by atoms with Crippen molar-refractivity contribution in [3.63, 3.8) is 0 Å². The molecule has 2 heterocycles. The number of hydrogen-bond donors (Lipinski definition) is 0. The van der Waals surface area contributed by atoms with Crippen LogP contribution in [0.3, 0.4) is 0 Å². The molecule has 1 aromatic carbocycles. The number of Topliss-reactive ketones (excluding diaryl/α,β-unsaturated/α-hetero) is 2. The van der Waals surface area contributed by atoms with E-state index in [9.17, 15) is 9.59 Å². The highest BCUT2D eigenvalue weighted by atomic mass is 16.3. The smallest absolute Gasteiger partial charge is 0.183 e. The molecule has 2 aromatic heterocycles. The molecule has 0 aliphatic heterocycles. The van der Waals surface area contributed by atoms with Gasteiger partial charge in [-0.25, -0.2) is 0 Å². The lowest BCUT2D eigenvalue weighted by Gasteiger charge is -2.01. The molecule has 0 bridgehead atoms. The second-order valence-corrected chi connectivity index (χ2v) is 4.63. The summed E-state index contributed by atoms with van der Waals surface area (Å²) in [6, 6.07) is 10.3. The number of nitrogens with zero attached hydrogens (tertiary/aromatic N) is 2. The zero-order valence-electron chi connectivity index (χ0n) is 11.2. The summed E-state index contributed by atoms with van der Waals surface area (Å²) in [6.45, 7) is 0. The highest BCUT2D eigenvalue weighted by Crippen LogP contribution is 2.18. The predicted molar refractivity (Wildman–Crippen MR) is 76.1 cm³/mol. The summed E-state index contributed by atoms with van der Waals surface area (Å²) in [4.78, 5) is 24.0. The van der Waals surface area contributed by atoms with E-state index in [0.29, 0.717) is 5.56 Å². The molecule has 0 spiro atoms. The first kappa shape index (κ1) is 13.2. The molecule has 3 rings (SSSR count). The molecule has 5 heteroatoms. The zero-order chi connectivity index (χ0) is 14.7. The fourth-order valence-electron chi connectivity index (χ4n) is 2.09. The minimum atomic E-state index is -0.180. The Hall–Kier alpha value is -2.82. The third-order valence-corrected chi connectivity index (χ3v) is 3.21. The minimum absolute atomic E-state index is 0.0738. The first-order valence-electron chi connectivity index (χ1n) is 6.55. The van der Waals surface area contributed by atoms with Gasteiger partial charge in [-0.15, -0.1) is 5.10 Å². The summed E-state index contributed by atoms with van der Waals surface area (Å²) in [6.07, 6.45) is 3.36. The molecule has 0 aliphatic rings. The molecule has 0 radical (unpaired) electrons. The number of aromatic nitrogens is 2. The van der Waals surface area contributed by atoms with Gasteiger partial charge in [-0.1, -0.05) is 0 Å². The van der Waals surface area contributed by atoms with E-state index in [1.807, 2.05) is 0 Å². The van der Waals surface area contributed by atoms with Gasteiger partial charge in [0.05, 0.1) is 6.26 Å². The van der Waals surface area contributed by atoms with Crippen LogP contribution >= 0.6 is 0 Å². The van der Waals surface area contributed by atoms with Gasteiger partial charge in [0.2, 0.25) is 0 Å². The van der Waals surface area contributed by atoms with Gasteiger partial charge in [0.1, 0.15) is 11.3 Å². The summed E-state index contributed by atoms with van der Waals surface area (Å²) < 4.78 is 5.23. The van der Waals surface area contributed by atoms with Gasteiger partial charge in [-0.3, -0.25) is 9.59 Å². The van der Waals surface area contributed by atoms with Crippen LogP contribution in [0.1, 0.15) is 33.7 Å². The summed E-state index contributed by atoms with van der Waals surface area (Å²) in [5, 5.41) is 8.27. The molecular formula is C16H12N2O3. The SMILES string of the molecule is O=C(CCC(=O)c1cccnn1)c1ccc2occc2c1. The Kier molecular flexibility index (Phi) is 3.55. The molecule has 0 saturated heterocycles. The van der Waals surface area contributed by atoms with Crippen molar-refractivity contribution in [2.45, 2.75) is 12.8 Å². The number of hydrogen-bond acceptors (Lipinski definition) is 5. The second kappa shape index (κ2) is 5.66. The quantitative estimate of drug-likeness (QED) is 0.671. The number of benzene rings is 1. The Balaban J connectivity index is 1.67. The number of carbonyl (C=O) groups is 2. The van der Waals surface area contributed by atoms with Crippen LogP contribution in [0.25, 0.3) is 11.0 Å². The van der Waals surface area contributed by atoms with E-state index in [0.717, 1.165) is 11.0 Å². The monoisotopic (exact) mass is 280 g/mol. The molecule has 0 unspecified atom stereocenters. The number of carbonyl (C=O) groups excluding carboxylic acids is 2. The largest absolute Gasteiger partial charge is 0.464 e. The summed E-state index contributed by atoms with van der Waals surface area (Å²) in [5.41, 5.74) is 1.61. The van der Waals surface area contributed by atoms with Crippen LogP contribution in [-0.2, 0) is 0 Å². The van der Waals surface area contributed by atoms with Gasteiger partial charge in [-0.2, -0.15) is 5.10 Å². The van der Waals surface area contributed by atoms with E-state index in [4.69, 9.17) is 4.42 Å². The lowest BCUT2D eigenvalue weighted by atomic mass is 10.0. The molecule has 0 fully saturated rings. The molecular weight excluding hydrogens is 268 g/mol. The van der Waals surface area contributed by atoms with Crippen molar-refractivity contribution >= 4 is 22.5 Å². The van der Waals surface area contributed by atoms with Gasteiger partial charge >= 0.3 is 0 Å². The number of rotatable bonds is 5.